The molecule has 0 aromatic rings. The van der Waals surface area contributed by atoms with E-state index in [-0.39, 0.29) is 18.2 Å². The lowest BCUT2D eigenvalue weighted by atomic mass is 9.76. The molecule has 0 aromatic heterocycles. The third kappa shape index (κ3) is 1.98. The van der Waals surface area contributed by atoms with Crippen LogP contribution in [0.25, 0.3) is 0 Å². The summed E-state index contributed by atoms with van der Waals surface area (Å²) in [5, 5.41) is 26.9. The first-order valence-electron chi connectivity index (χ1n) is 6.27. The molecule has 0 aliphatic heterocycles. The predicted molar refractivity (Wildman–Crippen MR) is 63.0 cm³/mol. The van der Waals surface area contributed by atoms with E-state index in [0.717, 1.165) is 6.42 Å². The Labute approximate surface area is 101 Å². The molecule has 0 bridgehead atoms. The van der Waals surface area contributed by atoms with Gasteiger partial charge in [-0.1, -0.05) is 13.3 Å². The first-order valence-corrected chi connectivity index (χ1v) is 6.27. The summed E-state index contributed by atoms with van der Waals surface area (Å²) in [6.45, 7) is 2.06. The molecule has 5 nitrogen and oxygen atoms in total. The minimum absolute atomic E-state index is 0.0232. The molecule has 17 heavy (non-hydrogen) atoms. The van der Waals surface area contributed by atoms with Crippen molar-refractivity contribution >= 4 is 13.1 Å². The highest BCUT2D eigenvalue weighted by Gasteiger charge is 2.69. The average Bonchev–Trinajstić information content (AvgIpc) is 2.73. The Kier molecular flexibility index (Phi) is 3.22. The summed E-state index contributed by atoms with van der Waals surface area (Å²) in [5.74, 6) is 0.0776. The molecule has 5 N–H and O–H groups in total. The van der Waals surface area contributed by atoms with Gasteiger partial charge >= 0.3 is 13.1 Å². The van der Waals surface area contributed by atoms with Crippen LogP contribution in [0.3, 0.4) is 0 Å². The third-order valence-electron chi connectivity index (χ3n) is 4.73. The van der Waals surface area contributed by atoms with Crippen molar-refractivity contribution in [2.24, 2.45) is 29.4 Å². The first kappa shape index (κ1) is 12.9. The maximum Gasteiger partial charge on any atom is 0.451 e. The smallest absolute Gasteiger partial charge is 0.451 e. The maximum absolute atomic E-state index is 11.4. The van der Waals surface area contributed by atoms with E-state index < -0.39 is 18.6 Å². The molecule has 2 rings (SSSR count). The Morgan fingerprint density at radius 1 is 1.53 bits per heavy atom. The molecule has 0 heterocycles. The Morgan fingerprint density at radius 2 is 2.18 bits per heavy atom. The van der Waals surface area contributed by atoms with E-state index in [1.54, 1.807) is 0 Å². The van der Waals surface area contributed by atoms with Crippen LogP contribution in [0, 0.1) is 23.7 Å². The number of fused-ring (bicyclic) bond motifs is 1. The fourth-order valence-corrected chi connectivity index (χ4v) is 3.71. The molecule has 2 fully saturated rings. The van der Waals surface area contributed by atoms with Gasteiger partial charge in [-0.3, -0.25) is 4.79 Å². The Morgan fingerprint density at radius 3 is 2.71 bits per heavy atom. The maximum atomic E-state index is 11.4. The van der Waals surface area contributed by atoms with Crippen LogP contribution in [0.5, 0.6) is 0 Å². The highest BCUT2D eigenvalue weighted by Crippen LogP contribution is 2.64. The molecule has 0 spiro atoms. The number of aliphatic carboxylic acids is 1. The molecule has 0 radical (unpaired) electrons. The molecule has 96 valence electrons. The van der Waals surface area contributed by atoms with Gasteiger partial charge in [-0.2, -0.15) is 0 Å². The second-order valence-electron chi connectivity index (χ2n) is 5.63. The molecular weight excluding hydrogens is 221 g/mol. The van der Waals surface area contributed by atoms with Crippen LogP contribution < -0.4 is 5.73 Å². The summed E-state index contributed by atoms with van der Waals surface area (Å²) in [6.07, 6.45) is 2.44. The van der Waals surface area contributed by atoms with Crippen LogP contribution in [0.4, 0.5) is 0 Å². The fraction of sp³-hybridized carbons (Fsp3) is 0.909. The van der Waals surface area contributed by atoms with Gasteiger partial charge in [0.1, 0.15) is 5.54 Å². The summed E-state index contributed by atoms with van der Waals surface area (Å²) < 4.78 is 0. The van der Waals surface area contributed by atoms with Gasteiger partial charge in [0.05, 0.1) is 0 Å². The monoisotopic (exact) mass is 241 g/mol. The lowest BCUT2D eigenvalue weighted by Gasteiger charge is -2.30. The number of carboxylic acid groups (broad SMARTS) is 1. The van der Waals surface area contributed by atoms with Crippen molar-refractivity contribution in [2.75, 3.05) is 0 Å². The van der Waals surface area contributed by atoms with Gasteiger partial charge < -0.3 is 20.9 Å². The number of nitrogens with two attached hydrogens (primary N) is 1. The molecule has 2 saturated carbocycles. The third-order valence-corrected chi connectivity index (χ3v) is 4.73. The average molecular weight is 241 g/mol. The van der Waals surface area contributed by atoms with Gasteiger partial charge in [-0.25, -0.2) is 0 Å². The molecule has 0 amide bonds. The molecule has 2 aliphatic rings. The SMILES string of the molecule is C[C@@H]1[C@@H]2C[C@@H](CCCB(O)O)[C@](N)(C(=O)O)[C@H]12. The Balaban J connectivity index is 1.97. The second-order valence-corrected chi connectivity index (χ2v) is 5.63. The zero-order chi connectivity index (χ0) is 12.8. The Hall–Kier alpha value is -0.585. The Bertz CT molecular complexity index is 325. The van der Waals surface area contributed by atoms with Crippen molar-refractivity contribution < 1.29 is 19.9 Å². The van der Waals surface area contributed by atoms with Crippen molar-refractivity contribution in [1.29, 1.82) is 0 Å². The van der Waals surface area contributed by atoms with Crippen LogP contribution in [0.1, 0.15) is 26.2 Å². The molecule has 2 aliphatic carbocycles. The lowest BCUT2D eigenvalue weighted by Crippen LogP contribution is -2.54. The molecule has 5 atom stereocenters. The van der Waals surface area contributed by atoms with Gasteiger partial charge in [0.25, 0.3) is 0 Å². The first-order chi connectivity index (χ1) is 7.89. The highest BCUT2D eigenvalue weighted by molar-refractivity contribution is 6.40. The van der Waals surface area contributed by atoms with E-state index >= 15 is 0 Å². The van der Waals surface area contributed by atoms with Crippen molar-refractivity contribution in [3.05, 3.63) is 0 Å². The molecule has 0 aromatic carbocycles. The largest absolute Gasteiger partial charge is 0.480 e. The zero-order valence-electron chi connectivity index (χ0n) is 10.0. The van der Waals surface area contributed by atoms with Crippen LogP contribution >= 0.6 is 0 Å². The summed E-state index contributed by atoms with van der Waals surface area (Å²) in [6, 6.07) is 0. The highest BCUT2D eigenvalue weighted by atomic mass is 16.4. The topological polar surface area (TPSA) is 104 Å². The van der Waals surface area contributed by atoms with E-state index in [1.807, 2.05) is 0 Å². The van der Waals surface area contributed by atoms with Gasteiger partial charge in [0, 0.05) is 0 Å². The van der Waals surface area contributed by atoms with Crippen molar-refractivity contribution in [3.63, 3.8) is 0 Å². The summed E-state index contributed by atoms with van der Waals surface area (Å²) in [4.78, 5) is 11.4. The van der Waals surface area contributed by atoms with E-state index in [0.29, 0.717) is 24.7 Å². The lowest BCUT2D eigenvalue weighted by molar-refractivity contribution is -0.146. The molecule has 0 saturated heterocycles. The zero-order valence-corrected chi connectivity index (χ0v) is 10.0. The molecule has 0 unspecified atom stereocenters. The standard InChI is InChI=1S/C11H20BNO4/c1-6-8-5-7(3-2-4-12(16)17)11(13,9(6)8)10(14)15/h6-9,16-17H,2-5,13H2,1H3,(H,14,15)/t6-,7-,8+,9-,11-/m1/s1. The van der Waals surface area contributed by atoms with Gasteiger partial charge in [-0.15, -0.1) is 0 Å². The van der Waals surface area contributed by atoms with Crippen molar-refractivity contribution in [1.82, 2.24) is 0 Å². The van der Waals surface area contributed by atoms with Crippen molar-refractivity contribution in [3.8, 4) is 0 Å². The second kappa shape index (κ2) is 4.26. The van der Waals surface area contributed by atoms with E-state index in [4.69, 9.17) is 15.8 Å². The van der Waals surface area contributed by atoms with Gasteiger partial charge in [-0.05, 0) is 42.8 Å². The number of hydrogen-bond donors (Lipinski definition) is 4. The van der Waals surface area contributed by atoms with Crippen LogP contribution in [-0.4, -0.2) is 33.8 Å². The van der Waals surface area contributed by atoms with Gasteiger partial charge in [0.15, 0.2) is 0 Å². The molecule has 6 heteroatoms. The quantitative estimate of drug-likeness (QED) is 0.504. The van der Waals surface area contributed by atoms with Crippen molar-refractivity contribution in [2.45, 2.75) is 38.0 Å². The van der Waals surface area contributed by atoms with E-state index in [2.05, 4.69) is 6.92 Å². The minimum atomic E-state index is -1.30. The summed E-state index contributed by atoms with van der Waals surface area (Å²) in [7, 11) is -1.30. The van der Waals surface area contributed by atoms with Crippen LogP contribution in [0.2, 0.25) is 6.32 Å². The number of carboxylic acids is 1. The number of rotatable bonds is 5. The fourth-order valence-electron chi connectivity index (χ4n) is 3.71. The van der Waals surface area contributed by atoms with Gasteiger partial charge in [0.2, 0.25) is 0 Å². The predicted octanol–water partition coefficient (Wildman–Crippen LogP) is -0.0765. The normalized spacial score (nSPS) is 43.3. The number of hydrogen-bond acceptors (Lipinski definition) is 4. The summed E-state index contributed by atoms with van der Waals surface area (Å²) >= 11 is 0. The number of carbonyl (C=O) groups is 1. The van der Waals surface area contributed by atoms with E-state index in [1.165, 1.54) is 0 Å². The van der Waals surface area contributed by atoms with E-state index in [9.17, 15) is 9.90 Å². The molecular formula is C11H20BNO4. The summed E-state index contributed by atoms with van der Waals surface area (Å²) in [5.41, 5.74) is 5.02. The van der Waals surface area contributed by atoms with Crippen LogP contribution in [-0.2, 0) is 4.79 Å². The van der Waals surface area contributed by atoms with Crippen LogP contribution in [0.15, 0.2) is 0 Å². The minimum Gasteiger partial charge on any atom is -0.480 e.